The number of carbonyl (C=O) groups is 2. The zero-order valence-corrected chi connectivity index (χ0v) is 13.9. The molecule has 0 saturated carbocycles. The van der Waals surface area contributed by atoms with Crippen LogP contribution in [0.15, 0.2) is 60.7 Å². The summed E-state index contributed by atoms with van der Waals surface area (Å²) in [5.41, 5.74) is 1.93. The van der Waals surface area contributed by atoms with E-state index in [1.807, 2.05) is 60.7 Å². The van der Waals surface area contributed by atoms with Crippen molar-refractivity contribution in [3.05, 3.63) is 71.8 Å². The maximum absolute atomic E-state index is 12.3. The van der Waals surface area contributed by atoms with E-state index in [4.69, 9.17) is 9.47 Å². The first-order valence-electron chi connectivity index (χ1n) is 8.41. The molecule has 1 atom stereocenters. The Morgan fingerprint density at radius 2 is 1.64 bits per heavy atom. The Labute approximate surface area is 147 Å². The van der Waals surface area contributed by atoms with E-state index in [0.717, 1.165) is 17.5 Å². The van der Waals surface area contributed by atoms with E-state index in [1.54, 1.807) is 0 Å². The lowest BCUT2D eigenvalue weighted by atomic mass is 9.99. The molecule has 0 spiro atoms. The molecule has 5 nitrogen and oxygen atoms in total. The fourth-order valence-corrected chi connectivity index (χ4v) is 2.85. The van der Waals surface area contributed by atoms with Crippen LogP contribution in [0.1, 0.15) is 30.0 Å². The third-order valence-corrected chi connectivity index (χ3v) is 4.11. The molecule has 0 radical (unpaired) electrons. The zero-order valence-electron chi connectivity index (χ0n) is 13.9. The highest BCUT2D eigenvalue weighted by Gasteiger charge is 2.26. The van der Waals surface area contributed by atoms with Gasteiger partial charge in [0.25, 0.3) is 5.91 Å². The second-order valence-electron chi connectivity index (χ2n) is 5.93. The molecule has 5 heteroatoms. The van der Waals surface area contributed by atoms with Gasteiger partial charge in [-0.15, -0.1) is 0 Å². The topological polar surface area (TPSA) is 64.6 Å². The molecule has 1 aliphatic rings. The molecule has 1 heterocycles. The highest BCUT2D eigenvalue weighted by atomic mass is 16.6. The van der Waals surface area contributed by atoms with Crippen LogP contribution in [0.2, 0.25) is 0 Å². The first-order valence-corrected chi connectivity index (χ1v) is 8.41. The van der Waals surface area contributed by atoms with E-state index >= 15 is 0 Å². The van der Waals surface area contributed by atoms with Crippen molar-refractivity contribution >= 4 is 11.9 Å². The minimum Gasteiger partial charge on any atom is -0.454 e. The smallest absolute Gasteiger partial charge is 0.335 e. The molecular formula is C20H21NO4. The van der Waals surface area contributed by atoms with Gasteiger partial charge in [-0.25, -0.2) is 4.79 Å². The summed E-state index contributed by atoms with van der Waals surface area (Å²) >= 11 is 0. The fourth-order valence-electron chi connectivity index (χ4n) is 2.85. The molecule has 0 aliphatic carbocycles. The molecule has 1 amide bonds. The van der Waals surface area contributed by atoms with Crippen molar-refractivity contribution in [2.75, 3.05) is 13.2 Å². The van der Waals surface area contributed by atoms with E-state index in [2.05, 4.69) is 5.32 Å². The van der Waals surface area contributed by atoms with Gasteiger partial charge < -0.3 is 14.8 Å². The molecule has 0 unspecified atom stereocenters. The Morgan fingerprint density at radius 1 is 1.04 bits per heavy atom. The van der Waals surface area contributed by atoms with Crippen LogP contribution in [0.3, 0.4) is 0 Å². The average Bonchev–Trinajstić information content (AvgIpc) is 3.20. The van der Waals surface area contributed by atoms with E-state index in [-0.39, 0.29) is 18.6 Å². The van der Waals surface area contributed by atoms with Crippen molar-refractivity contribution < 1.29 is 19.1 Å². The lowest BCUT2D eigenvalue weighted by Gasteiger charge is -2.20. The second-order valence-corrected chi connectivity index (χ2v) is 5.93. The summed E-state index contributed by atoms with van der Waals surface area (Å²) in [6.07, 6.45) is 0.958. The van der Waals surface area contributed by atoms with Gasteiger partial charge in [-0.2, -0.15) is 0 Å². The predicted molar refractivity (Wildman–Crippen MR) is 92.8 cm³/mol. The monoisotopic (exact) mass is 339 g/mol. The molecular weight excluding hydrogens is 318 g/mol. The van der Waals surface area contributed by atoms with Crippen molar-refractivity contribution in [2.45, 2.75) is 25.0 Å². The summed E-state index contributed by atoms with van der Waals surface area (Å²) in [6, 6.07) is 19.1. The average molecular weight is 339 g/mol. The Morgan fingerprint density at radius 3 is 2.16 bits per heavy atom. The van der Waals surface area contributed by atoms with Gasteiger partial charge in [0.15, 0.2) is 12.7 Å². The van der Waals surface area contributed by atoms with Crippen molar-refractivity contribution in [1.29, 1.82) is 0 Å². The molecule has 0 aromatic heterocycles. The van der Waals surface area contributed by atoms with Crippen molar-refractivity contribution in [3.8, 4) is 0 Å². The maximum atomic E-state index is 12.3. The number of ether oxygens (including phenoxy) is 2. The van der Waals surface area contributed by atoms with E-state index in [0.29, 0.717) is 13.0 Å². The highest BCUT2D eigenvalue weighted by Crippen LogP contribution is 2.21. The van der Waals surface area contributed by atoms with Crippen LogP contribution in [0.25, 0.3) is 0 Å². The van der Waals surface area contributed by atoms with Gasteiger partial charge in [-0.1, -0.05) is 60.7 Å². The minimum absolute atomic E-state index is 0.295. The summed E-state index contributed by atoms with van der Waals surface area (Å²) in [4.78, 5) is 24.1. The van der Waals surface area contributed by atoms with Crippen molar-refractivity contribution in [2.24, 2.45) is 0 Å². The van der Waals surface area contributed by atoms with Gasteiger partial charge in [-0.05, 0) is 24.0 Å². The molecule has 0 bridgehead atoms. The molecule has 1 aliphatic heterocycles. The molecule has 1 saturated heterocycles. The molecule has 25 heavy (non-hydrogen) atoms. The van der Waals surface area contributed by atoms with Crippen molar-refractivity contribution in [1.82, 2.24) is 5.32 Å². The van der Waals surface area contributed by atoms with Crippen LogP contribution in [-0.4, -0.2) is 31.2 Å². The highest BCUT2D eigenvalue weighted by molar-refractivity contribution is 5.82. The predicted octanol–water partition coefficient (Wildman–Crippen LogP) is 2.61. The second kappa shape index (κ2) is 8.44. The molecule has 130 valence electrons. The molecule has 1 fully saturated rings. The Kier molecular flexibility index (Phi) is 5.80. The Bertz CT molecular complexity index is 657. The standard InChI is InChI=1S/C20H21NO4/c22-18(14-25-20(23)17-12-7-13-24-17)21-19(15-8-3-1-4-9-15)16-10-5-2-6-11-16/h1-6,8-11,17,19H,7,12-14H2,(H,21,22)/t17-/m0/s1. The summed E-state index contributed by atoms with van der Waals surface area (Å²) in [5, 5.41) is 2.94. The van der Waals surface area contributed by atoms with Gasteiger partial charge in [-0.3, -0.25) is 4.79 Å². The van der Waals surface area contributed by atoms with Crippen LogP contribution in [0, 0.1) is 0 Å². The molecule has 3 rings (SSSR count). The van der Waals surface area contributed by atoms with Crippen LogP contribution < -0.4 is 5.32 Å². The normalized spacial score (nSPS) is 16.6. The van der Waals surface area contributed by atoms with Gasteiger partial charge in [0.05, 0.1) is 6.04 Å². The first kappa shape index (κ1) is 17.2. The van der Waals surface area contributed by atoms with Gasteiger partial charge in [0.1, 0.15) is 0 Å². The number of hydrogen-bond donors (Lipinski definition) is 1. The number of benzene rings is 2. The van der Waals surface area contributed by atoms with Crippen LogP contribution in [0.5, 0.6) is 0 Å². The quantitative estimate of drug-likeness (QED) is 0.822. The van der Waals surface area contributed by atoms with Gasteiger partial charge in [0, 0.05) is 6.61 Å². The summed E-state index contributed by atoms with van der Waals surface area (Å²) in [7, 11) is 0. The third-order valence-electron chi connectivity index (χ3n) is 4.11. The lowest BCUT2D eigenvalue weighted by Crippen LogP contribution is -2.34. The Hall–Kier alpha value is -2.66. The van der Waals surface area contributed by atoms with Crippen LogP contribution in [0.4, 0.5) is 0 Å². The number of carbonyl (C=O) groups excluding carboxylic acids is 2. The number of rotatable bonds is 6. The first-order chi connectivity index (χ1) is 12.2. The molecule has 1 N–H and O–H groups in total. The van der Waals surface area contributed by atoms with Gasteiger partial charge >= 0.3 is 5.97 Å². The number of nitrogens with one attached hydrogen (secondary N) is 1. The minimum atomic E-state index is -0.535. The van der Waals surface area contributed by atoms with Gasteiger partial charge in [0.2, 0.25) is 0 Å². The number of hydrogen-bond acceptors (Lipinski definition) is 4. The van der Waals surface area contributed by atoms with Crippen molar-refractivity contribution in [3.63, 3.8) is 0 Å². The summed E-state index contributed by atoms with van der Waals surface area (Å²) in [5.74, 6) is -0.812. The molecule has 2 aromatic rings. The summed E-state index contributed by atoms with van der Waals surface area (Å²) < 4.78 is 10.3. The number of esters is 1. The van der Waals surface area contributed by atoms with E-state index in [9.17, 15) is 9.59 Å². The largest absolute Gasteiger partial charge is 0.454 e. The van der Waals surface area contributed by atoms with Crippen LogP contribution >= 0.6 is 0 Å². The SMILES string of the molecule is O=C(COC(=O)[C@@H]1CCCO1)NC(c1ccccc1)c1ccccc1. The third kappa shape index (κ3) is 4.67. The number of amides is 1. The molecule has 2 aromatic carbocycles. The Balaban J connectivity index is 1.64. The maximum Gasteiger partial charge on any atom is 0.335 e. The van der Waals surface area contributed by atoms with E-state index < -0.39 is 12.1 Å². The van der Waals surface area contributed by atoms with Crippen LogP contribution in [-0.2, 0) is 19.1 Å². The fraction of sp³-hybridized carbons (Fsp3) is 0.300. The zero-order chi connectivity index (χ0) is 17.5. The summed E-state index contributed by atoms with van der Waals surface area (Å²) in [6.45, 7) is 0.255. The van der Waals surface area contributed by atoms with E-state index in [1.165, 1.54) is 0 Å². The lowest BCUT2D eigenvalue weighted by molar-refractivity contribution is -0.157.